The lowest BCUT2D eigenvalue weighted by Crippen LogP contribution is -2.63. The van der Waals surface area contributed by atoms with Gasteiger partial charge < -0.3 is 25.3 Å². The number of phenols is 1. The molecule has 0 saturated heterocycles. The fourth-order valence-electron chi connectivity index (χ4n) is 5.76. The van der Waals surface area contributed by atoms with E-state index in [-0.39, 0.29) is 29.7 Å². The van der Waals surface area contributed by atoms with E-state index in [4.69, 9.17) is 0 Å². The number of hydrogen-bond donors (Lipinski definition) is 4. The summed E-state index contributed by atoms with van der Waals surface area (Å²) in [6, 6.07) is 2.17. The molecule has 0 bridgehead atoms. The van der Waals surface area contributed by atoms with Crippen molar-refractivity contribution < 1.29 is 34.8 Å². The van der Waals surface area contributed by atoms with Gasteiger partial charge in [0.25, 0.3) is 0 Å². The van der Waals surface area contributed by atoms with Crippen molar-refractivity contribution in [3.05, 3.63) is 45.9 Å². The van der Waals surface area contributed by atoms with E-state index in [1.165, 1.54) is 6.07 Å². The summed E-state index contributed by atoms with van der Waals surface area (Å²) in [4.78, 5) is 42.4. The number of phenolic OH excluding ortho intramolecular Hbond substituents is 1. The third-order valence-corrected chi connectivity index (χ3v) is 7.17. The van der Waals surface area contributed by atoms with Crippen LogP contribution in [0.5, 0.6) is 5.75 Å². The van der Waals surface area contributed by atoms with Crippen LogP contribution >= 0.6 is 0 Å². The molecular weight excluding hydrogens is 428 g/mol. The number of allylic oxidation sites excluding steroid dienone is 1. The minimum atomic E-state index is -2.55. The molecule has 0 saturated carbocycles. The topological polar surface area (TPSA) is 139 Å². The summed E-state index contributed by atoms with van der Waals surface area (Å²) in [5, 5.41) is 44.1. The monoisotopic (exact) mass is 456 g/mol. The molecular formula is C24H28N2O7. The molecule has 0 aromatic heterocycles. The van der Waals surface area contributed by atoms with Gasteiger partial charge in [-0.2, -0.15) is 0 Å². The normalized spacial score (nSPS) is 29.1. The molecule has 1 unspecified atom stereocenters. The second-order valence-electron chi connectivity index (χ2n) is 9.51. The second-order valence-corrected chi connectivity index (χ2v) is 9.51. The van der Waals surface area contributed by atoms with Crippen LogP contribution in [0, 0.1) is 11.8 Å². The Hall–Kier alpha value is -3.17. The Balaban J connectivity index is 1.98. The van der Waals surface area contributed by atoms with Crippen LogP contribution in [0.15, 0.2) is 34.8 Å². The van der Waals surface area contributed by atoms with Crippen molar-refractivity contribution in [1.82, 2.24) is 4.90 Å². The Morgan fingerprint density at radius 1 is 1.09 bits per heavy atom. The van der Waals surface area contributed by atoms with E-state index in [0.29, 0.717) is 5.56 Å². The lowest BCUT2D eigenvalue weighted by molar-refractivity contribution is -0.148. The maximum Gasteiger partial charge on any atom is 0.209 e. The summed E-state index contributed by atoms with van der Waals surface area (Å²) in [5.41, 5.74) is -1.89. The van der Waals surface area contributed by atoms with Gasteiger partial charge in [0.15, 0.2) is 17.2 Å². The number of Topliss-reactive ketones (excluding diaryl/α,β-unsaturated/α-hetero) is 3. The second kappa shape index (κ2) is 7.43. The minimum absolute atomic E-state index is 0.0265. The van der Waals surface area contributed by atoms with Gasteiger partial charge in [0.2, 0.25) is 5.78 Å². The molecule has 33 heavy (non-hydrogen) atoms. The number of benzene rings is 1. The van der Waals surface area contributed by atoms with Crippen molar-refractivity contribution >= 4 is 23.0 Å². The summed E-state index contributed by atoms with van der Waals surface area (Å²) < 4.78 is 0. The maximum absolute atomic E-state index is 13.5. The summed E-state index contributed by atoms with van der Waals surface area (Å²) in [7, 11) is 6.89. The van der Waals surface area contributed by atoms with Crippen LogP contribution in [0.1, 0.15) is 29.3 Å². The molecule has 1 aromatic carbocycles. The number of anilines is 1. The Labute approximate surface area is 191 Å². The van der Waals surface area contributed by atoms with Crippen molar-refractivity contribution in [3.8, 4) is 5.75 Å². The van der Waals surface area contributed by atoms with Gasteiger partial charge in [-0.15, -0.1) is 0 Å². The highest BCUT2D eigenvalue weighted by atomic mass is 16.3. The first-order chi connectivity index (χ1) is 15.3. The van der Waals surface area contributed by atoms with Crippen LogP contribution in [0.3, 0.4) is 0 Å². The van der Waals surface area contributed by atoms with E-state index >= 15 is 0 Å². The summed E-state index contributed by atoms with van der Waals surface area (Å²) in [5.74, 6) is -5.59. The third-order valence-electron chi connectivity index (χ3n) is 7.17. The molecule has 176 valence electrons. The third kappa shape index (κ3) is 2.95. The molecule has 0 spiro atoms. The van der Waals surface area contributed by atoms with E-state index in [0.717, 1.165) is 12.6 Å². The van der Waals surface area contributed by atoms with Crippen LogP contribution in [0.25, 0.3) is 0 Å². The maximum atomic E-state index is 13.5. The highest BCUT2D eigenvalue weighted by Crippen LogP contribution is 2.53. The van der Waals surface area contributed by atoms with E-state index in [1.54, 1.807) is 25.1 Å². The van der Waals surface area contributed by atoms with Crippen LogP contribution in [-0.4, -0.2) is 82.5 Å². The average Bonchev–Trinajstić information content (AvgIpc) is 2.70. The molecule has 0 aliphatic heterocycles. The average molecular weight is 456 g/mol. The lowest BCUT2D eigenvalue weighted by atomic mass is 9.58. The van der Waals surface area contributed by atoms with Crippen LogP contribution < -0.4 is 4.90 Å². The Morgan fingerprint density at radius 2 is 1.73 bits per heavy atom. The minimum Gasteiger partial charge on any atom is -0.510 e. The fourth-order valence-corrected chi connectivity index (χ4v) is 5.76. The van der Waals surface area contributed by atoms with Gasteiger partial charge in [0.1, 0.15) is 22.8 Å². The van der Waals surface area contributed by atoms with Crippen LogP contribution in [-0.2, 0) is 16.0 Å². The molecule has 0 fully saturated rings. The Morgan fingerprint density at radius 3 is 2.27 bits per heavy atom. The first kappa shape index (κ1) is 23.0. The zero-order valence-electron chi connectivity index (χ0n) is 19.2. The van der Waals surface area contributed by atoms with Gasteiger partial charge in [-0.3, -0.25) is 19.3 Å². The Bertz CT molecular complexity index is 1160. The van der Waals surface area contributed by atoms with Crippen molar-refractivity contribution in [3.63, 3.8) is 0 Å². The summed E-state index contributed by atoms with van der Waals surface area (Å²) >= 11 is 0. The molecule has 1 aromatic rings. The van der Waals surface area contributed by atoms with E-state index < -0.39 is 57.9 Å². The highest BCUT2D eigenvalue weighted by Gasteiger charge is 2.63. The number of aromatic hydroxyl groups is 1. The quantitative estimate of drug-likeness (QED) is 0.496. The van der Waals surface area contributed by atoms with Crippen LogP contribution in [0.2, 0.25) is 0 Å². The molecule has 9 nitrogen and oxygen atoms in total. The van der Waals surface area contributed by atoms with Gasteiger partial charge in [-0.1, -0.05) is 0 Å². The molecule has 4 N–H and O–H groups in total. The van der Waals surface area contributed by atoms with Gasteiger partial charge in [0.05, 0.1) is 11.6 Å². The standard InChI is InChI=1S/C24H28N2O7/c1-10(27)16-21(30)19(26(4)5)13-9-11-8-12-14(25(2)3)6-7-15(28)18(12)20(29)17(11)23(32)24(13,33)22(16)31/h6-7,11,13,19,28,30,32-33H,8-9H2,1-5H3/t11?,13-,19-,24+/m0/s1. The van der Waals surface area contributed by atoms with Crippen molar-refractivity contribution in [1.29, 1.82) is 0 Å². The number of carbonyl (C=O) groups is 3. The number of nitrogens with zero attached hydrogens (tertiary/aromatic N) is 2. The van der Waals surface area contributed by atoms with E-state index in [1.807, 2.05) is 19.0 Å². The zero-order valence-corrected chi connectivity index (χ0v) is 19.2. The molecule has 9 heteroatoms. The summed E-state index contributed by atoms with van der Waals surface area (Å²) in [6.07, 6.45) is 0.390. The highest BCUT2D eigenvalue weighted by molar-refractivity contribution is 6.25. The van der Waals surface area contributed by atoms with Crippen LogP contribution in [0.4, 0.5) is 5.69 Å². The predicted octanol–water partition coefficient (Wildman–Crippen LogP) is 1.29. The van der Waals surface area contributed by atoms with Crippen molar-refractivity contribution in [2.45, 2.75) is 31.4 Å². The van der Waals surface area contributed by atoms with E-state index in [9.17, 15) is 34.8 Å². The largest absolute Gasteiger partial charge is 0.510 e. The van der Waals surface area contributed by atoms with Gasteiger partial charge >= 0.3 is 0 Å². The van der Waals surface area contributed by atoms with E-state index in [2.05, 4.69) is 0 Å². The molecule has 0 radical (unpaired) electrons. The molecule has 0 heterocycles. The number of fused-ring (bicyclic) bond motifs is 3. The molecule has 0 amide bonds. The lowest BCUT2D eigenvalue weighted by Gasteiger charge is -2.50. The number of carbonyl (C=O) groups excluding carboxylic acids is 3. The van der Waals surface area contributed by atoms with Gasteiger partial charge in [-0.25, -0.2) is 0 Å². The summed E-state index contributed by atoms with van der Waals surface area (Å²) in [6.45, 7) is 1.10. The SMILES string of the molecule is CC(=O)C1=C(O)[C@@H](N(C)C)[C@@H]2CC3Cc4c(N(C)C)ccc(O)c4C(=O)C3=C(O)[C@]2(O)C1=O. The molecule has 4 rings (SSSR count). The smallest absolute Gasteiger partial charge is 0.209 e. The molecule has 3 aliphatic rings. The first-order valence-electron chi connectivity index (χ1n) is 10.7. The van der Waals surface area contributed by atoms with Crippen molar-refractivity contribution in [2.75, 3.05) is 33.1 Å². The first-order valence-corrected chi connectivity index (χ1v) is 10.7. The number of aliphatic hydroxyl groups is 3. The fraction of sp³-hybridized carbons (Fsp3) is 0.458. The van der Waals surface area contributed by atoms with Gasteiger partial charge in [-0.05, 0) is 57.5 Å². The van der Waals surface area contributed by atoms with Crippen molar-refractivity contribution in [2.24, 2.45) is 11.8 Å². The number of aliphatic hydroxyl groups excluding tert-OH is 2. The number of rotatable bonds is 3. The molecule has 4 atom stereocenters. The zero-order chi connectivity index (χ0) is 24.6. The molecule has 3 aliphatic carbocycles. The Kier molecular flexibility index (Phi) is 5.18. The number of likely N-dealkylation sites (N-methyl/N-ethyl adjacent to an activating group) is 1. The van der Waals surface area contributed by atoms with Gasteiger partial charge in [0, 0.05) is 31.3 Å². The predicted molar refractivity (Wildman–Crippen MR) is 119 cm³/mol. The number of hydrogen-bond acceptors (Lipinski definition) is 9. The number of ketones is 3.